The van der Waals surface area contributed by atoms with Gasteiger partial charge in [-0.2, -0.15) is 0 Å². The summed E-state index contributed by atoms with van der Waals surface area (Å²) in [6, 6.07) is -0.218. The molecule has 5 nitrogen and oxygen atoms in total. The van der Waals surface area contributed by atoms with E-state index in [4.69, 9.17) is 16.0 Å². The average molecular weight is 419 g/mol. The largest absolute Gasteiger partial charge is 0.515 e. The van der Waals surface area contributed by atoms with Crippen LogP contribution in [0.1, 0.15) is 0 Å². The van der Waals surface area contributed by atoms with Gasteiger partial charge in [-0.05, 0) is 25.2 Å². The first-order valence-corrected chi connectivity index (χ1v) is 16.8. The average Bonchev–Trinajstić information content (AvgIpc) is 2.47. The summed E-state index contributed by atoms with van der Waals surface area (Å²) >= 11 is 7.43. The van der Waals surface area contributed by atoms with Crippen LogP contribution in [0.2, 0.25) is 39.3 Å². The van der Waals surface area contributed by atoms with Crippen molar-refractivity contribution in [2.45, 2.75) is 50.7 Å². The normalized spacial score (nSPS) is 24.4. The first kappa shape index (κ1) is 20.8. The molecule has 25 heavy (non-hydrogen) atoms. The van der Waals surface area contributed by atoms with Crippen LogP contribution in [-0.4, -0.2) is 56.4 Å². The summed E-state index contributed by atoms with van der Waals surface area (Å²) in [5, 5.41) is -0.0449. The minimum absolute atomic E-state index is 0.0427. The van der Waals surface area contributed by atoms with Gasteiger partial charge in [0.2, 0.25) is 14.2 Å². The predicted molar refractivity (Wildman–Crippen MR) is 110 cm³/mol. The third kappa shape index (κ3) is 5.00. The highest BCUT2D eigenvalue weighted by Gasteiger charge is 2.54. The van der Waals surface area contributed by atoms with Gasteiger partial charge in [0.05, 0.1) is 0 Å². The van der Waals surface area contributed by atoms with E-state index in [9.17, 15) is 9.59 Å². The number of rotatable bonds is 6. The number of thioether (sulfide) groups is 1. The number of carbonyl (C=O) groups excluding carboxylic acids is 2. The minimum atomic E-state index is -2.06. The van der Waals surface area contributed by atoms with Crippen molar-refractivity contribution in [3.05, 3.63) is 23.4 Å². The first-order chi connectivity index (χ1) is 11.4. The summed E-state index contributed by atoms with van der Waals surface area (Å²) in [4.78, 5) is 30.7. The van der Waals surface area contributed by atoms with E-state index in [1.807, 2.05) is 25.7 Å². The highest BCUT2D eigenvalue weighted by Crippen LogP contribution is 2.41. The predicted octanol–water partition coefficient (Wildman–Crippen LogP) is 3.12. The fourth-order valence-corrected chi connectivity index (χ4v) is 6.14. The van der Waals surface area contributed by atoms with Crippen molar-refractivity contribution in [3.63, 3.8) is 0 Å². The van der Waals surface area contributed by atoms with Crippen LogP contribution in [0.4, 0.5) is 0 Å². The van der Waals surface area contributed by atoms with Crippen molar-refractivity contribution in [1.82, 2.24) is 9.88 Å². The SMILES string of the molecule is C[Si](C)(C)N[C@@H]1C(=O)N2C(C(=O)O[Si](C)(C)C)=C(/C=C/CCl)CS[C@H]12. The number of hydrogen-bond acceptors (Lipinski definition) is 5. The Labute approximate surface area is 161 Å². The third-order valence-electron chi connectivity index (χ3n) is 3.59. The number of carbonyl (C=O) groups is 2. The maximum Gasteiger partial charge on any atom is 0.342 e. The van der Waals surface area contributed by atoms with Crippen molar-refractivity contribution in [3.8, 4) is 0 Å². The number of nitrogens with one attached hydrogen (secondary N) is 1. The number of hydrogen-bond donors (Lipinski definition) is 1. The summed E-state index contributed by atoms with van der Waals surface area (Å²) < 4.78 is 5.68. The molecule has 9 heteroatoms. The molecular weight excluding hydrogens is 392 g/mol. The van der Waals surface area contributed by atoms with Gasteiger partial charge in [-0.15, -0.1) is 23.4 Å². The molecule has 0 radical (unpaired) electrons. The molecule has 1 amide bonds. The standard InChI is InChI=1S/C16H27ClN2O3SSi2/c1-24(2,3)18-12-14(20)19-13(16(21)22-25(4,5)6)11(8-7-9-17)10-23-15(12)19/h7-8,12,15,18H,9-10H2,1-6H3/b8-7+/t12-,15-/m1/s1. The molecule has 1 N–H and O–H groups in total. The molecular formula is C16H27ClN2O3SSi2. The van der Waals surface area contributed by atoms with Crippen molar-refractivity contribution in [2.24, 2.45) is 0 Å². The number of amides is 1. The number of alkyl halides is 1. The molecule has 2 aliphatic heterocycles. The van der Waals surface area contributed by atoms with Crippen LogP contribution in [0, 0.1) is 0 Å². The Hall–Kier alpha value is -0.546. The van der Waals surface area contributed by atoms with Gasteiger partial charge in [0.25, 0.3) is 0 Å². The lowest BCUT2D eigenvalue weighted by molar-refractivity contribution is -0.147. The lowest BCUT2D eigenvalue weighted by Gasteiger charge is -2.51. The van der Waals surface area contributed by atoms with Crippen molar-refractivity contribution in [1.29, 1.82) is 0 Å². The number of fused-ring (bicyclic) bond motifs is 1. The molecule has 0 aromatic rings. The highest BCUT2D eigenvalue weighted by atomic mass is 35.5. The summed E-state index contributed by atoms with van der Waals surface area (Å²) in [5.74, 6) is 0.598. The number of allylic oxidation sites excluding steroid dienone is 2. The van der Waals surface area contributed by atoms with Gasteiger partial charge >= 0.3 is 5.97 Å². The fraction of sp³-hybridized carbons (Fsp3) is 0.625. The van der Waals surface area contributed by atoms with Gasteiger partial charge in [0.1, 0.15) is 25.3 Å². The second-order valence-corrected chi connectivity index (χ2v) is 18.8. The third-order valence-corrected chi connectivity index (χ3v) is 7.04. The molecule has 0 bridgehead atoms. The van der Waals surface area contributed by atoms with Crippen LogP contribution in [-0.2, 0) is 14.0 Å². The fourth-order valence-electron chi connectivity index (χ4n) is 2.74. The molecule has 2 rings (SSSR count). The molecule has 140 valence electrons. The van der Waals surface area contributed by atoms with Crippen LogP contribution in [0.25, 0.3) is 0 Å². The van der Waals surface area contributed by atoms with Gasteiger partial charge in [0, 0.05) is 11.6 Å². The van der Waals surface area contributed by atoms with E-state index in [1.165, 1.54) is 0 Å². The molecule has 1 saturated heterocycles. The zero-order valence-corrected chi connectivity index (χ0v) is 19.3. The van der Waals surface area contributed by atoms with E-state index >= 15 is 0 Å². The van der Waals surface area contributed by atoms with E-state index in [1.54, 1.807) is 22.7 Å². The quantitative estimate of drug-likeness (QED) is 0.408. The molecule has 0 aromatic heterocycles. The Kier molecular flexibility index (Phi) is 6.31. The molecule has 0 unspecified atom stereocenters. The second kappa shape index (κ2) is 7.60. The summed E-state index contributed by atoms with van der Waals surface area (Å²) in [6.45, 7) is 12.4. The number of halogens is 1. The highest BCUT2D eigenvalue weighted by molar-refractivity contribution is 8.00. The lowest BCUT2D eigenvalue weighted by Crippen LogP contribution is -2.73. The van der Waals surface area contributed by atoms with E-state index in [0.29, 0.717) is 17.3 Å². The van der Waals surface area contributed by atoms with Gasteiger partial charge in [-0.1, -0.05) is 31.8 Å². The van der Waals surface area contributed by atoms with E-state index in [2.05, 4.69) is 24.6 Å². The molecule has 0 spiro atoms. The maximum absolute atomic E-state index is 12.8. The molecule has 1 fully saturated rings. The first-order valence-electron chi connectivity index (χ1n) is 8.36. The van der Waals surface area contributed by atoms with Gasteiger partial charge in [-0.3, -0.25) is 9.69 Å². The summed E-state index contributed by atoms with van der Waals surface area (Å²) in [6.07, 6.45) is 3.63. The number of nitrogens with zero attached hydrogens (tertiary/aromatic N) is 1. The van der Waals surface area contributed by atoms with Crippen LogP contribution in [0.5, 0.6) is 0 Å². The zero-order valence-electron chi connectivity index (χ0n) is 15.7. The van der Waals surface area contributed by atoms with E-state index in [-0.39, 0.29) is 17.3 Å². The van der Waals surface area contributed by atoms with Crippen LogP contribution >= 0.6 is 23.4 Å². The van der Waals surface area contributed by atoms with E-state index in [0.717, 1.165) is 5.57 Å². The Morgan fingerprint density at radius 2 is 2.00 bits per heavy atom. The molecule has 0 aromatic carbocycles. The van der Waals surface area contributed by atoms with Crippen molar-refractivity contribution < 1.29 is 14.0 Å². The second-order valence-electron chi connectivity index (χ2n) is 8.21. The lowest BCUT2D eigenvalue weighted by atomic mass is 10.0. The van der Waals surface area contributed by atoms with Gasteiger partial charge in [-0.25, -0.2) is 4.79 Å². The van der Waals surface area contributed by atoms with Crippen LogP contribution in [0.15, 0.2) is 23.4 Å². The summed E-state index contributed by atoms with van der Waals surface area (Å²) in [5.41, 5.74) is 1.20. The molecule has 0 saturated carbocycles. The Morgan fingerprint density at radius 3 is 2.52 bits per heavy atom. The molecule has 2 heterocycles. The van der Waals surface area contributed by atoms with Crippen LogP contribution < -0.4 is 4.98 Å². The molecule has 2 atom stereocenters. The van der Waals surface area contributed by atoms with Crippen molar-refractivity contribution in [2.75, 3.05) is 11.6 Å². The monoisotopic (exact) mass is 418 g/mol. The smallest absolute Gasteiger partial charge is 0.342 e. The number of β-lactam (4-membered cyclic amide) rings is 1. The maximum atomic E-state index is 12.8. The van der Waals surface area contributed by atoms with Crippen molar-refractivity contribution >= 4 is 51.8 Å². The van der Waals surface area contributed by atoms with Gasteiger partial charge < -0.3 is 9.41 Å². The zero-order chi connectivity index (χ0) is 19.0. The van der Waals surface area contributed by atoms with E-state index < -0.39 is 22.5 Å². The van der Waals surface area contributed by atoms with Crippen LogP contribution in [0.3, 0.4) is 0 Å². The topological polar surface area (TPSA) is 58.6 Å². The Bertz CT molecular complexity index is 626. The Balaban J connectivity index is 2.32. The Morgan fingerprint density at radius 1 is 1.36 bits per heavy atom. The molecule has 2 aliphatic rings. The minimum Gasteiger partial charge on any atom is -0.515 e. The van der Waals surface area contributed by atoms with Gasteiger partial charge in [0.15, 0.2) is 0 Å². The summed E-state index contributed by atoms with van der Waals surface area (Å²) in [7, 11) is -3.66. The molecule has 0 aliphatic carbocycles.